The monoisotopic (exact) mass is 622 g/mol. The van der Waals surface area contributed by atoms with Crippen molar-refractivity contribution in [1.29, 1.82) is 0 Å². The Kier molecular flexibility index (Phi) is 6.02. The highest BCUT2D eigenvalue weighted by molar-refractivity contribution is 6.23. The lowest BCUT2D eigenvalue weighted by Crippen LogP contribution is -2.14. The van der Waals surface area contributed by atoms with Crippen LogP contribution < -0.4 is 0 Å². The van der Waals surface area contributed by atoms with E-state index >= 15 is 0 Å². The number of hydrogen-bond donors (Lipinski definition) is 0. The quantitative estimate of drug-likeness (QED) is 0.172. The zero-order valence-corrected chi connectivity index (χ0v) is 27.7. The highest BCUT2D eigenvalue weighted by Gasteiger charge is 2.37. The van der Waals surface area contributed by atoms with Crippen LogP contribution in [0.2, 0.25) is 0 Å². The maximum atomic E-state index is 2.43. The van der Waals surface area contributed by atoms with Crippen molar-refractivity contribution >= 4 is 43.1 Å². The third-order valence-corrected chi connectivity index (χ3v) is 11.0. The third kappa shape index (κ3) is 4.17. The first kappa shape index (κ1) is 28.1. The van der Waals surface area contributed by atoms with Crippen LogP contribution in [0.1, 0.15) is 25.0 Å². The molecule has 0 amide bonds. The van der Waals surface area contributed by atoms with E-state index < -0.39 is 0 Å². The Hall–Kier alpha value is -5.98. The summed E-state index contributed by atoms with van der Waals surface area (Å²) in [5.74, 6) is 0. The van der Waals surface area contributed by atoms with Crippen molar-refractivity contribution in [3.63, 3.8) is 0 Å². The topological polar surface area (TPSA) is 0 Å². The van der Waals surface area contributed by atoms with Crippen LogP contribution >= 0.6 is 0 Å². The fourth-order valence-corrected chi connectivity index (χ4v) is 8.63. The average molecular weight is 623 g/mol. The first-order chi connectivity index (χ1) is 24.1. The van der Waals surface area contributed by atoms with E-state index in [4.69, 9.17) is 0 Å². The summed E-state index contributed by atoms with van der Waals surface area (Å²) in [5.41, 5.74) is 13.0. The summed E-state index contributed by atoms with van der Waals surface area (Å²) in [7, 11) is 0. The van der Waals surface area contributed by atoms with Gasteiger partial charge in [-0.3, -0.25) is 0 Å². The summed E-state index contributed by atoms with van der Waals surface area (Å²) < 4.78 is 0. The standard InChI is InChI=1S/C49H34/c1-49(2)44-24-12-23-42(48(44)43-29-34-15-5-6-16-35(34)30-45(43)49)47-40-21-9-7-19-38(40)46(39-20-8-10-22-41(39)47)37-18-11-17-33(28-37)36-26-25-31-13-3-4-14-32(31)27-36/h3-30H,1-2H3. The van der Waals surface area contributed by atoms with Gasteiger partial charge in [-0.25, -0.2) is 0 Å². The Morgan fingerprint density at radius 3 is 1.53 bits per heavy atom. The minimum atomic E-state index is -0.0978. The van der Waals surface area contributed by atoms with Gasteiger partial charge in [0.1, 0.15) is 0 Å². The summed E-state index contributed by atoms with van der Waals surface area (Å²) in [6.07, 6.45) is 0. The summed E-state index contributed by atoms with van der Waals surface area (Å²) in [5, 5.41) is 10.2. The number of fused-ring (bicyclic) bond motifs is 7. The molecule has 49 heavy (non-hydrogen) atoms. The molecule has 9 aromatic carbocycles. The maximum Gasteiger partial charge on any atom is 0.0159 e. The molecular formula is C49H34. The van der Waals surface area contributed by atoms with Gasteiger partial charge in [0.15, 0.2) is 0 Å². The highest BCUT2D eigenvalue weighted by atomic mass is 14.4. The van der Waals surface area contributed by atoms with Crippen molar-refractivity contribution in [3.8, 4) is 44.5 Å². The van der Waals surface area contributed by atoms with Crippen molar-refractivity contribution in [2.45, 2.75) is 19.3 Å². The molecule has 0 heteroatoms. The molecule has 0 aliphatic heterocycles. The highest BCUT2D eigenvalue weighted by Crippen LogP contribution is 2.55. The van der Waals surface area contributed by atoms with Crippen LogP contribution in [-0.2, 0) is 5.41 Å². The zero-order valence-electron chi connectivity index (χ0n) is 27.7. The van der Waals surface area contributed by atoms with E-state index in [0.29, 0.717) is 0 Å². The second kappa shape index (κ2) is 10.5. The fraction of sp³-hybridized carbons (Fsp3) is 0.0612. The van der Waals surface area contributed by atoms with E-state index in [1.54, 1.807) is 0 Å². The Labute approximate surface area is 286 Å². The van der Waals surface area contributed by atoms with Gasteiger partial charge in [-0.15, -0.1) is 0 Å². The first-order valence-corrected chi connectivity index (χ1v) is 17.3. The molecule has 0 heterocycles. The second-order valence-corrected chi connectivity index (χ2v) is 14.1. The predicted octanol–water partition coefficient (Wildman–Crippen LogP) is 13.6. The molecule has 0 fully saturated rings. The molecule has 0 atom stereocenters. The lowest BCUT2D eigenvalue weighted by atomic mass is 9.80. The molecule has 0 saturated heterocycles. The molecule has 1 aliphatic rings. The SMILES string of the molecule is CC1(C)c2cc3ccccc3cc2-c2c(-c3c4ccccc4c(-c4cccc(-c5ccc6ccccc6c5)c4)c4ccccc34)cccc21. The van der Waals surface area contributed by atoms with E-state index in [1.165, 1.54) is 98.7 Å². The average Bonchev–Trinajstić information content (AvgIpc) is 3.38. The summed E-state index contributed by atoms with van der Waals surface area (Å²) in [4.78, 5) is 0. The van der Waals surface area contributed by atoms with Gasteiger partial charge in [-0.05, 0) is 123 Å². The maximum absolute atomic E-state index is 2.43. The smallest absolute Gasteiger partial charge is 0.0159 e. The lowest BCUT2D eigenvalue weighted by Gasteiger charge is -2.23. The number of benzene rings is 9. The number of rotatable bonds is 3. The summed E-state index contributed by atoms with van der Waals surface area (Å²) in [6, 6.07) is 63.2. The number of hydrogen-bond acceptors (Lipinski definition) is 0. The van der Waals surface area contributed by atoms with Gasteiger partial charge in [0.2, 0.25) is 0 Å². The van der Waals surface area contributed by atoms with E-state index in [1.807, 2.05) is 0 Å². The molecule has 0 saturated carbocycles. The van der Waals surface area contributed by atoms with Crippen LogP contribution in [0, 0.1) is 0 Å². The van der Waals surface area contributed by atoms with E-state index in [-0.39, 0.29) is 5.41 Å². The van der Waals surface area contributed by atoms with Gasteiger partial charge in [0, 0.05) is 5.41 Å². The molecule has 0 N–H and O–H groups in total. The summed E-state index contributed by atoms with van der Waals surface area (Å²) >= 11 is 0. The minimum absolute atomic E-state index is 0.0978. The predicted molar refractivity (Wildman–Crippen MR) is 210 cm³/mol. The molecule has 9 aromatic rings. The lowest BCUT2D eigenvalue weighted by molar-refractivity contribution is 0.661. The third-order valence-electron chi connectivity index (χ3n) is 11.0. The van der Waals surface area contributed by atoms with E-state index in [2.05, 4.69) is 184 Å². The molecule has 0 unspecified atom stereocenters. The fourth-order valence-electron chi connectivity index (χ4n) is 8.63. The molecule has 1 aliphatic carbocycles. The largest absolute Gasteiger partial charge is 0.0616 e. The van der Waals surface area contributed by atoms with E-state index in [9.17, 15) is 0 Å². The van der Waals surface area contributed by atoms with Gasteiger partial charge in [0.25, 0.3) is 0 Å². The first-order valence-electron chi connectivity index (χ1n) is 17.3. The van der Waals surface area contributed by atoms with Crippen molar-refractivity contribution in [1.82, 2.24) is 0 Å². The molecule has 10 rings (SSSR count). The second-order valence-electron chi connectivity index (χ2n) is 14.1. The Bertz CT molecular complexity index is 2740. The van der Waals surface area contributed by atoms with Gasteiger partial charge < -0.3 is 0 Å². The van der Waals surface area contributed by atoms with Crippen molar-refractivity contribution < 1.29 is 0 Å². The van der Waals surface area contributed by atoms with Crippen LogP contribution in [0.3, 0.4) is 0 Å². The van der Waals surface area contributed by atoms with Crippen LogP contribution in [0.5, 0.6) is 0 Å². The molecule has 0 nitrogen and oxygen atoms in total. The van der Waals surface area contributed by atoms with Gasteiger partial charge in [-0.2, -0.15) is 0 Å². The summed E-state index contributed by atoms with van der Waals surface area (Å²) in [6.45, 7) is 4.77. The van der Waals surface area contributed by atoms with E-state index in [0.717, 1.165) is 0 Å². The van der Waals surface area contributed by atoms with Gasteiger partial charge in [0.05, 0.1) is 0 Å². The molecular weight excluding hydrogens is 589 g/mol. The van der Waals surface area contributed by atoms with Crippen LogP contribution in [0.15, 0.2) is 170 Å². The molecule has 230 valence electrons. The molecule has 0 spiro atoms. The van der Waals surface area contributed by atoms with Crippen LogP contribution in [0.25, 0.3) is 87.6 Å². The molecule has 0 bridgehead atoms. The molecule has 0 radical (unpaired) electrons. The molecule has 0 aromatic heterocycles. The van der Waals surface area contributed by atoms with Gasteiger partial charge >= 0.3 is 0 Å². The van der Waals surface area contributed by atoms with Crippen molar-refractivity contribution in [2.24, 2.45) is 0 Å². The Morgan fingerprint density at radius 2 is 0.837 bits per heavy atom. The Morgan fingerprint density at radius 1 is 0.306 bits per heavy atom. The van der Waals surface area contributed by atoms with Gasteiger partial charge in [-0.1, -0.05) is 159 Å². The van der Waals surface area contributed by atoms with Crippen molar-refractivity contribution in [3.05, 3.63) is 181 Å². The van der Waals surface area contributed by atoms with Crippen LogP contribution in [-0.4, -0.2) is 0 Å². The minimum Gasteiger partial charge on any atom is -0.0616 e. The van der Waals surface area contributed by atoms with Crippen molar-refractivity contribution in [2.75, 3.05) is 0 Å². The zero-order chi connectivity index (χ0) is 32.7. The normalized spacial score (nSPS) is 13.3. The Balaban J connectivity index is 1.25. The van der Waals surface area contributed by atoms with Crippen LogP contribution in [0.4, 0.5) is 0 Å².